The Kier molecular flexibility index (Phi) is 2.90. The van der Waals surface area contributed by atoms with Crippen molar-refractivity contribution in [2.75, 3.05) is 0 Å². The highest BCUT2D eigenvalue weighted by atomic mass is 127. The third-order valence-electron chi connectivity index (χ3n) is 2.07. The molecular weight excluding hydrogens is 305 g/mol. The van der Waals surface area contributed by atoms with Gasteiger partial charge in [0.25, 0.3) is 5.56 Å². The van der Waals surface area contributed by atoms with Gasteiger partial charge in [0.05, 0.1) is 15.8 Å². The Bertz CT molecular complexity index is 529. The molecule has 2 aromatic heterocycles. The van der Waals surface area contributed by atoms with Gasteiger partial charge in [-0.05, 0) is 40.8 Å². The fourth-order valence-electron chi connectivity index (χ4n) is 1.35. The maximum Gasteiger partial charge on any atom is 0.264 e. The van der Waals surface area contributed by atoms with Crippen LogP contribution in [0.4, 0.5) is 0 Å². The summed E-state index contributed by atoms with van der Waals surface area (Å²) in [5.74, 6) is 0. The van der Waals surface area contributed by atoms with Crippen LogP contribution in [0.2, 0.25) is 0 Å². The minimum absolute atomic E-state index is 0.0313. The molecule has 0 spiro atoms. The molecule has 15 heavy (non-hydrogen) atoms. The second kappa shape index (κ2) is 4.18. The van der Waals surface area contributed by atoms with Crippen LogP contribution in [0.3, 0.4) is 0 Å². The maximum atomic E-state index is 11.7. The van der Waals surface area contributed by atoms with E-state index >= 15 is 0 Å². The molecule has 2 rings (SSSR count). The lowest BCUT2D eigenvalue weighted by Crippen LogP contribution is -2.22. The van der Waals surface area contributed by atoms with Crippen LogP contribution < -0.4 is 5.56 Å². The Morgan fingerprint density at radius 2 is 2.20 bits per heavy atom. The summed E-state index contributed by atoms with van der Waals surface area (Å²) in [6.07, 6.45) is 3.65. The summed E-state index contributed by atoms with van der Waals surface area (Å²) < 4.78 is 4.12. The summed E-state index contributed by atoms with van der Waals surface area (Å²) in [6, 6.07) is 5.58. The average molecular weight is 315 g/mol. The van der Waals surface area contributed by atoms with Gasteiger partial charge in [-0.15, -0.1) is 0 Å². The smallest absolute Gasteiger partial charge is 0.264 e. The van der Waals surface area contributed by atoms with Crippen LogP contribution in [-0.4, -0.2) is 14.3 Å². The largest absolute Gasteiger partial charge is 0.309 e. The van der Waals surface area contributed by atoms with Crippen LogP contribution in [0, 0.1) is 3.57 Å². The molecule has 0 aliphatic carbocycles. The number of pyridine rings is 1. The Morgan fingerprint density at radius 3 is 2.87 bits per heavy atom. The molecule has 5 heteroatoms. The van der Waals surface area contributed by atoms with E-state index in [9.17, 15) is 4.79 Å². The van der Waals surface area contributed by atoms with Crippen molar-refractivity contribution in [2.45, 2.75) is 6.54 Å². The van der Waals surface area contributed by atoms with E-state index in [1.807, 2.05) is 48.0 Å². The molecule has 2 heterocycles. The molecule has 0 saturated carbocycles. The Hall–Kier alpha value is -1.11. The van der Waals surface area contributed by atoms with Gasteiger partial charge < -0.3 is 4.57 Å². The van der Waals surface area contributed by atoms with E-state index in [1.165, 1.54) is 0 Å². The van der Waals surface area contributed by atoms with Crippen molar-refractivity contribution in [1.82, 2.24) is 14.3 Å². The van der Waals surface area contributed by atoms with Gasteiger partial charge in [0, 0.05) is 19.4 Å². The number of aryl methyl sites for hydroxylation is 1. The van der Waals surface area contributed by atoms with Crippen molar-refractivity contribution in [2.24, 2.45) is 7.05 Å². The Labute approximate surface area is 101 Å². The first kappa shape index (κ1) is 10.4. The highest BCUT2D eigenvalue weighted by Crippen LogP contribution is 2.00. The van der Waals surface area contributed by atoms with Crippen LogP contribution >= 0.6 is 22.6 Å². The molecule has 0 aromatic carbocycles. The van der Waals surface area contributed by atoms with Crippen molar-refractivity contribution in [3.05, 3.63) is 50.2 Å². The fraction of sp³-hybridized carbons (Fsp3) is 0.200. The first-order valence-corrected chi connectivity index (χ1v) is 5.58. The van der Waals surface area contributed by atoms with Gasteiger partial charge in [-0.3, -0.25) is 9.48 Å². The monoisotopic (exact) mass is 315 g/mol. The lowest BCUT2D eigenvalue weighted by molar-refractivity contribution is 0.690. The molecule has 0 radical (unpaired) electrons. The number of rotatable bonds is 2. The molecule has 0 bridgehead atoms. The number of aromatic nitrogens is 3. The zero-order chi connectivity index (χ0) is 10.8. The van der Waals surface area contributed by atoms with E-state index < -0.39 is 0 Å². The second-order valence-electron chi connectivity index (χ2n) is 3.27. The normalized spacial score (nSPS) is 10.5. The zero-order valence-electron chi connectivity index (χ0n) is 8.22. The zero-order valence-corrected chi connectivity index (χ0v) is 10.4. The number of nitrogens with zero attached hydrogens (tertiary/aromatic N) is 3. The topological polar surface area (TPSA) is 39.8 Å². The molecule has 2 aromatic rings. The number of halogens is 1. The SMILES string of the molecule is Cn1ccc(Cn2cccc(I)c2=O)n1. The third kappa shape index (κ3) is 2.28. The summed E-state index contributed by atoms with van der Waals surface area (Å²) in [5.41, 5.74) is 0.922. The first-order valence-electron chi connectivity index (χ1n) is 4.50. The molecule has 0 unspecified atom stereocenters. The molecule has 78 valence electrons. The van der Waals surface area contributed by atoms with E-state index in [2.05, 4.69) is 5.10 Å². The molecule has 0 N–H and O–H groups in total. The molecule has 0 saturated heterocycles. The molecule has 0 aliphatic rings. The molecule has 0 fully saturated rings. The Balaban J connectivity index is 2.32. The molecule has 0 aliphatic heterocycles. The van der Waals surface area contributed by atoms with Crippen molar-refractivity contribution in [1.29, 1.82) is 0 Å². The number of hydrogen-bond donors (Lipinski definition) is 0. The van der Waals surface area contributed by atoms with Gasteiger partial charge in [0.1, 0.15) is 0 Å². The van der Waals surface area contributed by atoms with E-state index in [1.54, 1.807) is 21.5 Å². The van der Waals surface area contributed by atoms with Crippen molar-refractivity contribution in [3.8, 4) is 0 Å². The van der Waals surface area contributed by atoms with Gasteiger partial charge in [-0.25, -0.2) is 0 Å². The van der Waals surface area contributed by atoms with Gasteiger partial charge >= 0.3 is 0 Å². The van der Waals surface area contributed by atoms with Crippen LogP contribution in [0.25, 0.3) is 0 Å². The summed E-state index contributed by atoms with van der Waals surface area (Å²) >= 11 is 2.04. The number of hydrogen-bond acceptors (Lipinski definition) is 2. The average Bonchev–Trinajstić information content (AvgIpc) is 2.59. The highest BCUT2D eigenvalue weighted by molar-refractivity contribution is 14.1. The maximum absolute atomic E-state index is 11.7. The van der Waals surface area contributed by atoms with Crippen molar-refractivity contribution >= 4 is 22.6 Å². The van der Waals surface area contributed by atoms with Gasteiger partial charge in [0.2, 0.25) is 0 Å². The van der Waals surface area contributed by atoms with Gasteiger partial charge in [-0.1, -0.05) is 0 Å². The first-order chi connectivity index (χ1) is 7.16. The summed E-state index contributed by atoms with van der Waals surface area (Å²) in [5, 5.41) is 4.23. The minimum atomic E-state index is 0.0313. The third-order valence-corrected chi connectivity index (χ3v) is 2.90. The summed E-state index contributed by atoms with van der Waals surface area (Å²) in [6.45, 7) is 0.524. The predicted octanol–water partition coefficient (Wildman–Crippen LogP) is 1.23. The van der Waals surface area contributed by atoms with Crippen LogP contribution in [0.15, 0.2) is 35.4 Å². The fourth-order valence-corrected chi connectivity index (χ4v) is 1.87. The van der Waals surface area contributed by atoms with Crippen LogP contribution in [-0.2, 0) is 13.6 Å². The second-order valence-corrected chi connectivity index (χ2v) is 4.43. The van der Waals surface area contributed by atoms with Gasteiger partial charge in [0.15, 0.2) is 0 Å². The lowest BCUT2D eigenvalue weighted by Gasteiger charge is -2.02. The highest BCUT2D eigenvalue weighted by Gasteiger charge is 2.02. The minimum Gasteiger partial charge on any atom is -0.309 e. The van der Waals surface area contributed by atoms with Crippen molar-refractivity contribution in [3.63, 3.8) is 0 Å². The van der Waals surface area contributed by atoms with Crippen LogP contribution in [0.1, 0.15) is 5.69 Å². The summed E-state index contributed by atoms with van der Waals surface area (Å²) in [4.78, 5) is 11.7. The summed E-state index contributed by atoms with van der Waals surface area (Å²) in [7, 11) is 1.86. The van der Waals surface area contributed by atoms with E-state index in [0.717, 1.165) is 9.26 Å². The van der Waals surface area contributed by atoms with E-state index in [-0.39, 0.29) is 5.56 Å². The lowest BCUT2D eigenvalue weighted by atomic mass is 10.4. The quantitative estimate of drug-likeness (QED) is 0.782. The van der Waals surface area contributed by atoms with Gasteiger partial charge in [-0.2, -0.15) is 5.10 Å². The standard InChI is InChI=1S/C10H10IN3O/c1-13-6-4-8(12-13)7-14-5-2-3-9(11)10(14)15/h2-6H,7H2,1H3. The predicted molar refractivity (Wildman–Crippen MR) is 65.7 cm³/mol. The Morgan fingerprint density at radius 1 is 1.40 bits per heavy atom. The molecular formula is C10H10IN3O. The molecule has 0 amide bonds. The van der Waals surface area contributed by atoms with Crippen molar-refractivity contribution < 1.29 is 0 Å². The molecule has 0 atom stereocenters. The molecule has 4 nitrogen and oxygen atoms in total. The van der Waals surface area contributed by atoms with Crippen LogP contribution in [0.5, 0.6) is 0 Å². The van der Waals surface area contributed by atoms with E-state index in [4.69, 9.17) is 0 Å². The van der Waals surface area contributed by atoms with E-state index in [0.29, 0.717) is 6.54 Å².